The van der Waals surface area contributed by atoms with E-state index in [2.05, 4.69) is 29.2 Å². The van der Waals surface area contributed by atoms with Gasteiger partial charge in [0, 0.05) is 25.1 Å². The number of rotatable bonds is 7. The van der Waals surface area contributed by atoms with Crippen LogP contribution in [0.4, 0.5) is 0 Å². The van der Waals surface area contributed by atoms with Crippen molar-refractivity contribution in [1.82, 2.24) is 20.1 Å². The first kappa shape index (κ1) is 17.1. The van der Waals surface area contributed by atoms with Crippen LogP contribution in [0.15, 0.2) is 36.8 Å². The molecule has 2 heterocycles. The Kier molecular flexibility index (Phi) is 5.50. The number of nitrogens with one attached hydrogen (secondary N) is 1. The first-order chi connectivity index (χ1) is 10.9. The molecule has 0 bridgehead atoms. The lowest BCUT2D eigenvalue weighted by atomic mass is 9.95. The number of hydrogen-bond donors (Lipinski definition) is 2. The Morgan fingerprint density at radius 3 is 2.83 bits per heavy atom. The Hall–Kier alpha value is -2.21. The lowest BCUT2D eigenvalue weighted by Gasteiger charge is -2.24. The predicted octanol–water partition coefficient (Wildman–Crippen LogP) is 2.18. The van der Waals surface area contributed by atoms with Gasteiger partial charge < -0.3 is 10.4 Å². The number of nitrogens with zero attached hydrogens (tertiary/aromatic N) is 3. The Balaban J connectivity index is 2.04. The molecule has 1 unspecified atom stereocenters. The summed E-state index contributed by atoms with van der Waals surface area (Å²) in [5.74, 6) is 0.715. The predicted molar refractivity (Wildman–Crippen MR) is 88.4 cm³/mol. The van der Waals surface area contributed by atoms with E-state index in [1.54, 1.807) is 48.4 Å². The molecule has 0 spiro atoms. The van der Waals surface area contributed by atoms with Crippen molar-refractivity contribution in [2.45, 2.75) is 39.2 Å². The minimum absolute atomic E-state index is 0.200. The molecule has 23 heavy (non-hydrogen) atoms. The minimum atomic E-state index is -0.923. The van der Waals surface area contributed by atoms with Gasteiger partial charge in [-0.2, -0.15) is 5.10 Å². The summed E-state index contributed by atoms with van der Waals surface area (Å²) in [5, 5.41) is 17.3. The van der Waals surface area contributed by atoms with Gasteiger partial charge in [0.1, 0.15) is 0 Å². The largest absolute Gasteiger partial charge is 0.388 e. The van der Waals surface area contributed by atoms with Crippen LogP contribution in [0, 0.1) is 5.92 Å². The summed E-state index contributed by atoms with van der Waals surface area (Å²) in [6.45, 7) is 6.17. The summed E-state index contributed by atoms with van der Waals surface area (Å²) >= 11 is 0. The van der Waals surface area contributed by atoms with Crippen LogP contribution in [0.3, 0.4) is 0 Å². The van der Waals surface area contributed by atoms with Crippen LogP contribution in [0.2, 0.25) is 0 Å². The second-order valence-corrected chi connectivity index (χ2v) is 6.44. The second-order valence-electron chi connectivity index (χ2n) is 6.44. The van der Waals surface area contributed by atoms with Gasteiger partial charge in [0.15, 0.2) is 5.82 Å². The normalized spacial score (nSPS) is 13.8. The van der Waals surface area contributed by atoms with E-state index < -0.39 is 5.60 Å². The molecule has 1 atom stereocenters. The van der Waals surface area contributed by atoms with Crippen molar-refractivity contribution >= 4 is 5.91 Å². The van der Waals surface area contributed by atoms with Gasteiger partial charge in [-0.05, 0) is 43.9 Å². The van der Waals surface area contributed by atoms with E-state index in [-0.39, 0.29) is 12.5 Å². The third kappa shape index (κ3) is 4.89. The molecule has 2 N–H and O–H groups in total. The topological polar surface area (TPSA) is 80.0 Å². The van der Waals surface area contributed by atoms with E-state index in [9.17, 15) is 9.90 Å². The highest BCUT2D eigenvalue weighted by Gasteiger charge is 2.23. The average Bonchev–Trinajstić information content (AvgIpc) is 3.05. The maximum absolute atomic E-state index is 12.4. The molecular formula is C17H24N4O2. The first-order valence-corrected chi connectivity index (χ1v) is 7.85. The van der Waals surface area contributed by atoms with Gasteiger partial charge in [-0.15, -0.1) is 0 Å². The molecule has 1 amide bonds. The number of hydrogen-bond acceptors (Lipinski definition) is 4. The molecule has 2 rings (SSSR count). The Morgan fingerprint density at radius 1 is 1.39 bits per heavy atom. The van der Waals surface area contributed by atoms with Crippen molar-refractivity contribution in [1.29, 1.82) is 0 Å². The van der Waals surface area contributed by atoms with Gasteiger partial charge in [0.25, 0.3) is 5.91 Å². The molecule has 0 fully saturated rings. The Bertz CT molecular complexity index is 636. The molecule has 6 nitrogen and oxygen atoms in total. The lowest BCUT2D eigenvalue weighted by molar-refractivity contribution is 0.0429. The molecule has 2 aromatic heterocycles. The number of pyridine rings is 1. The molecule has 0 radical (unpaired) electrons. The molecular weight excluding hydrogens is 292 g/mol. The molecule has 0 saturated carbocycles. The van der Waals surface area contributed by atoms with Crippen molar-refractivity contribution in [2.75, 3.05) is 6.54 Å². The molecule has 0 aromatic carbocycles. The fourth-order valence-corrected chi connectivity index (χ4v) is 2.20. The van der Waals surface area contributed by atoms with Crippen LogP contribution < -0.4 is 5.32 Å². The zero-order valence-corrected chi connectivity index (χ0v) is 13.9. The van der Waals surface area contributed by atoms with Crippen LogP contribution in [-0.4, -0.2) is 37.9 Å². The van der Waals surface area contributed by atoms with E-state index in [0.717, 1.165) is 6.42 Å². The fourth-order valence-electron chi connectivity index (χ4n) is 2.20. The van der Waals surface area contributed by atoms with E-state index in [1.165, 1.54) is 0 Å². The van der Waals surface area contributed by atoms with Gasteiger partial charge >= 0.3 is 0 Å². The summed E-state index contributed by atoms with van der Waals surface area (Å²) in [7, 11) is 0. The van der Waals surface area contributed by atoms with Gasteiger partial charge in [0.05, 0.1) is 11.2 Å². The SMILES string of the molecule is CC(C)CCC(C)(O)CNC(=O)c1cccnc1-n1cccn1. The second kappa shape index (κ2) is 7.37. The van der Waals surface area contributed by atoms with Crippen LogP contribution in [0.1, 0.15) is 44.0 Å². The Labute approximate surface area is 136 Å². The number of carbonyl (C=O) groups excluding carboxylic acids is 1. The monoisotopic (exact) mass is 316 g/mol. The summed E-state index contributed by atoms with van der Waals surface area (Å²) in [6.07, 6.45) is 6.54. The summed E-state index contributed by atoms with van der Waals surface area (Å²) < 4.78 is 1.55. The molecule has 0 aliphatic heterocycles. The zero-order valence-electron chi connectivity index (χ0n) is 13.9. The molecule has 0 aliphatic rings. The maximum atomic E-state index is 12.4. The van der Waals surface area contributed by atoms with E-state index >= 15 is 0 Å². The third-order valence-corrected chi connectivity index (χ3v) is 3.64. The smallest absolute Gasteiger partial charge is 0.255 e. The van der Waals surface area contributed by atoms with Gasteiger partial charge in [-0.3, -0.25) is 4.79 Å². The highest BCUT2D eigenvalue weighted by molar-refractivity contribution is 5.97. The summed E-state index contributed by atoms with van der Waals surface area (Å²) in [5.41, 5.74) is -0.496. The van der Waals surface area contributed by atoms with Gasteiger partial charge in [0.2, 0.25) is 0 Å². The fraction of sp³-hybridized carbons (Fsp3) is 0.471. The Morgan fingerprint density at radius 2 is 2.17 bits per heavy atom. The van der Waals surface area contributed by atoms with E-state index in [4.69, 9.17) is 0 Å². The number of carbonyl (C=O) groups is 1. The van der Waals surface area contributed by atoms with Crippen LogP contribution in [0.5, 0.6) is 0 Å². The molecule has 6 heteroatoms. The van der Waals surface area contributed by atoms with Crippen LogP contribution in [0.25, 0.3) is 5.82 Å². The molecule has 0 aliphatic carbocycles. The standard InChI is InChI=1S/C17H24N4O2/c1-13(2)7-8-17(3,23)12-19-16(22)14-6-4-9-18-15(14)21-11-5-10-20-21/h4-6,9-11,13,23H,7-8,12H2,1-3H3,(H,19,22). The number of aliphatic hydroxyl groups is 1. The minimum Gasteiger partial charge on any atom is -0.388 e. The van der Waals surface area contributed by atoms with Gasteiger partial charge in [-0.25, -0.2) is 9.67 Å². The maximum Gasteiger partial charge on any atom is 0.255 e. The summed E-state index contributed by atoms with van der Waals surface area (Å²) in [4.78, 5) is 16.7. The molecule has 0 saturated heterocycles. The highest BCUT2D eigenvalue weighted by Crippen LogP contribution is 2.16. The van der Waals surface area contributed by atoms with Crippen molar-refractivity contribution in [3.8, 4) is 5.82 Å². The van der Waals surface area contributed by atoms with Crippen molar-refractivity contribution in [2.24, 2.45) is 5.92 Å². The molecule has 2 aromatic rings. The zero-order chi connectivity index (χ0) is 16.9. The van der Waals surface area contributed by atoms with Crippen molar-refractivity contribution in [3.63, 3.8) is 0 Å². The number of amides is 1. The quantitative estimate of drug-likeness (QED) is 0.820. The van der Waals surface area contributed by atoms with Crippen molar-refractivity contribution < 1.29 is 9.90 Å². The van der Waals surface area contributed by atoms with E-state index in [1.807, 2.05) is 0 Å². The number of aromatic nitrogens is 3. The third-order valence-electron chi connectivity index (χ3n) is 3.64. The van der Waals surface area contributed by atoms with Gasteiger partial charge in [-0.1, -0.05) is 13.8 Å². The average molecular weight is 316 g/mol. The van der Waals surface area contributed by atoms with Crippen LogP contribution >= 0.6 is 0 Å². The van der Waals surface area contributed by atoms with E-state index in [0.29, 0.717) is 23.7 Å². The summed E-state index contributed by atoms with van der Waals surface area (Å²) in [6, 6.07) is 5.17. The highest BCUT2D eigenvalue weighted by atomic mass is 16.3. The first-order valence-electron chi connectivity index (χ1n) is 7.85. The molecule has 124 valence electrons. The van der Waals surface area contributed by atoms with Crippen molar-refractivity contribution in [3.05, 3.63) is 42.4 Å². The van der Waals surface area contributed by atoms with Crippen LogP contribution in [-0.2, 0) is 0 Å². The lowest BCUT2D eigenvalue weighted by Crippen LogP contribution is -2.41.